The molecule has 1 aromatic rings. The lowest BCUT2D eigenvalue weighted by atomic mass is 9.94. The highest BCUT2D eigenvalue weighted by atomic mass is 31.2. The third-order valence-electron chi connectivity index (χ3n) is 5.78. The van der Waals surface area contributed by atoms with Crippen LogP contribution in [0.1, 0.15) is 12.6 Å². The molecular formula is C17H26N3O14P. The summed E-state index contributed by atoms with van der Waals surface area (Å²) in [6, 6.07) is 1.21. The first-order valence-corrected chi connectivity index (χ1v) is 11.7. The van der Waals surface area contributed by atoms with Gasteiger partial charge in [0.1, 0.15) is 42.4 Å². The third-order valence-corrected chi connectivity index (χ3v) is 7.67. The van der Waals surface area contributed by atoms with Crippen LogP contribution in [0.5, 0.6) is 0 Å². The minimum atomic E-state index is -5.47. The van der Waals surface area contributed by atoms with Crippen LogP contribution in [-0.2, 0) is 23.4 Å². The molecule has 10 atom stereocenters. The molecule has 0 saturated carbocycles. The second-order valence-corrected chi connectivity index (χ2v) is 10.1. The van der Waals surface area contributed by atoms with E-state index in [2.05, 4.69) is 4.98 Å². The van der Waals surface area contributed by atoms with E-state index in [9.17, 15) is 49.7 Å². The average Bonchev–Trinajstić information content (AvgIpc) is 3.07. The van der Waals surface area contributed by atoms with Crippen LogP contribution in [0.15, 0.2) is 17.1 Å². The first-order chi connectivity index (χ1) is 16.3. The van der Waals surface area contributed by atoms with Crippen molar-refractivity contribution in [1.82, 2.24) is 9.55 Å². The topological polar surface area (TPSA) is 285 Å². The number of carboxylic acid groups (broad SMARTS) is 1. The lowest BCUT2D eigenvalue weighted by Crippen LogP contribution is -2.61. The van der Waals surface area contributed by atoms with E-state index in [1.54, 1.807) is 0 Å². The standard InChI is InChI=1S/C17H26N3O14P/c18-9-1-2-20(16(29)19-9)14-12(26)11(25)8(33-14)5-32-35(30,31)17(15(27)28)3-6(22)10(24)13(34-17)7(23)4-21/h1-2,6-8,10-14,21-26H,3-5H2,(H,27,28)(H,30,31)(H2,18,19,29)/t6-,7-,8-,10-,11-,12-,13-,14-,17-/m1/s1. The van der Waals surface area contributed by atoms with Crippen LogP contribution in [0.2, 0.25) is 0 Å². The molecule has 2 fully saturated rings. The van der Waals surface area contributed by atoms with Crippen molar-refractivity contribution >= 4 is 19.4 Å². The number of rotatable bonds is 8. The molecule has 35 heavy (non-hydrogen) atoms. The summed E-state index contributed by atoms with van der Waals surface area (Å²) in [7, 11) is -5.47. The van der Waals surface area contributed by atoms with Gasteiger partial charge in [-0.3, -0.25) is 9.13 Å². The summed E-state index contributed by atoms with van der Waals surface area (Å²) in [5.74, 6) is -2.21. The molecule has 2 aliphatic heterocycles. The molecule has 0 amide bonds. The predicted molar refractivity (Wildman–Crippen MR) is 110 cm³/mol. The molecule has 0 radical (unpaired) electrons. The second kappa shape index (κ2) is 10.2. The van der Waals surface area contributed by atoms with Gasteiger partial charge in [-0.25, -0.2) is 9.59 Å². The molecule has 3 rings (SSSR count). The van der Waals surface area contributed by atoms with Gasteiger partial charge < -0.3 is 60.4 Å². The van der Waals surface area contributed by atoms with E-state index in [0.717, 1.165) is 10.8 Å². The molecule has 10 N–H and O–H groups in total. The number of nitrogens with zero attached hydrogens (tertiary/aromatic N) is 2. The zero-order valence-corrected chi connectivity index (χ0v) is 18.7. The fraction of sp³-hybridized carbons (Fsp3) is 0.706. The van der Waals surface area contributed by atoms with Crippen molar-refractivity contribution in [2.24, 2.45) is 0 Å². The number of hydrogen-bond acceptors (Lipinski definition) is 14. The monoisotopic (exact) mass is 527 g/mol. The van der Waals surface area contributed by atoms with Gasteiger partial charge in [0.25, 0.3) is 5.34 Å². The van der Waals surface area contributed by atoms with Crippen molar-refractivity contribution in [2.45, 2.75) is 60.7 Å². The van der Waals surface area contributed by atoms with Gasteiger partial charge >= 0.3 is 19.3 Å². The Morgan fingerprint density at radius 3 is 2.54 bits per heavy atom. The van der Waals surface area contributed by atoms with Crippen molar-refractivity contribution in [2.75, 3.05) is 18.9 Å². The fourth-order valence-corrected chi connectivity index (χ4v) is 5.28. The predicted octanol–water partition coefficient (Wildman–Crippen LogP) is -4.71. The Bertz CT molecular complexity index is 1040. The van der Waals surface area contributed by atoms with Crippen LogP contribution >= 0.6 is 7.60 Å². The summed E-state index contributed by atoms with van der Waals surface area (Å²) in [4.78, 5) is 38.0. The molecule has 0 spiro atoms. The van der Waals surface area contributed by atoms with E-state index in [1.807, 2.05) is 0 Å². The summed E-state index contributed by atoms with van der Waals surface area (Å²) in [5.41, 5.74) is 4.46. The Morgan fingerprint density at radius 1 is 1.31 bits per heavy atom. The molecule has 1 aromatic heterocycles. The first-order valence-electron chi connectivity index (χ1n) is 10.2. The average molecular weight is 527 g/mol. The largest absolute Gasteiger partial charge is 0.479 e. The number of nitrogens with two attached hydrogens (primary N) is 1. The second-order valence-electron chi connectivity index (χ2n) is 8.09. The summed E-state index contributed by atoms with van der Waals surface area (Å²) in [5, 5.41) is 66.0. The Morgan fingerprint density at radius 2 is 1.97 bits per heavy atom. The van der Waals surface area contributed by atoms with Gasteiger partial charge in [0.05, 0.1) is 19.3 Å². The summed E-state index contributed by atoms with van der Waals surface area (Å²) in [6.45, 7) is -2.04. The van der Waals surface area contributed by atoms with Crippen molar-refractivity contribution in [1.29, 1.82) is 0 Å². The number of carbonyl (C=O) groups is 1. The Labute approximate surface area is 196 Å². The highest BCUT2D eigenvalue weighted by Crippen LogP contribution is 2.61. The third kappa shape index (κ3) is 4.98. The van der Waals surface area contributed by atoms with E-state index in [1.165, 1.54) is 6.07 Å². The zero-order valence-electron chi connectivity index (χ0n) is 17.8. The molecular weight excluding hydrogens is 501 g/mol. The number of ether oxygens (including phenoxy) is 2. The van der Waals surface area contributed by atoms with Crippen molar-refractivity contribution in [3.63, 3.8) is 0 Å². The van der Waals surface area contributed by atoms with E-state index in [4.69, 9.17) is 24.8 Å². The molecule has 0 aliphatic carbocycles. The summed E-state index contributed by atoms with van der Waals surface area (Å²) >= 11 is 0. The maximum Gasteiger partial charge on any atom is 0.371 e. The quantitative estimate of drug-likeness (QED) is 0.143. The number of aliphatic carboxylic acids is 1. The molecule has 0 aromatic carbocycles. The number of hydrogen-bond donors (Lipinski definition) is 9. The van der Waals surface area contributed by atoms with Gasteiger partial charge in [-0.2, -0.15) is 4.98 Å². The number of anilines is 1. The van der Waals surface area contributed by atoms with Gasteiger partial charge in [0.15, 0.2) is 6.23 Å². The van der Waals surface area contributed by atoms with Gasteiger partial charge in [-0.15, -0.1) is 0 Å². The number of aromatic nitrogens is 2. The Hall–Kier alpha value is -2.02. The SMILES string of the molecule is Nc1ccn([C@@H]2O[C@H](COP(=O)(O)[C@@]3(C(=O)O)C[C@@H](O)[C@@H](O)[C@@H]([C@H](O)CO)O3)[C@@H](O)[C@H]2O)c(=O)n1. The maximum absolute atomic E-state index is 13.0. The van der Waals surface area contributed by atoms with Gasteiger partial charge in [0.2, 0.25) is 0 Å². The van der Waals surface area contributed by atoms with Crippen molar-refractivity contribution in [3.05, 3.63) is 22.7 Å². The highest BCUT2D eigenvalue weighted by molar-refractivity contribution is 7.55. The van der Waals surface area contributed by atoms with E-state index < -0.39 is 93.2 Å². The van der Waals surface area contributed by atoms with Gasteiger partial charge in [-0.05, 0) is 6.07 Å². The number of aliphatic hydroxyl groups excluding tert-OH is 6. The van der Waals surface area contributed by atoms with Crippen molar-refractivity contribution in [3.8, 4) is 0 Å². The zero-order chi connectivity index (χ0) is 26.3. The first kappa shape index (κ1) is 27.6. The minimum absolute atomic E-state index is 0.122. The van der Waals surface area contributed by atoms with Crippen LogP contribution in [-0.4, -0.2) is 117 Å². The highest BCUT2D eigenvalue weighted by Gasteiger charge is 2.64. The van der Waals surface area contributed by atoms with E-state index >= 15 is 0 Å². The fourth-order valence-electron chi connectivity index (χ4n) is 3.81. The number of aliphatic hydroxyl groups is 6. The lowest BCUT2D eigenvalue weighted by Gasteiger charge is -2.45. The van der Waals surface area contributed by atoms with Crippen molar-refractivity contribution < 1.29 is 64.0 Å². The summed E-state index contributed by atoms with van der Waals surface area (Å²) in [6.07, 6.45) is -14.4. The molecule has 0 bridgehead atoms. The van der Waals surface area contributed by atoms with Gasteiger partial charge in [-0.1, -0.05) is 0 Å². The van der Waals surface area contributed by atoms with E-state index in [-0.39, 0.29) is 5.82 Å². The van der Waals surface area contributed by atoms with Gasteiger partial charge in [0, 0.05) is 12.6 Å². The smallest absolute Gasteiger partial charge is 0.371 e. The Kier molecular flexibility index (Phi) is 8.00. The van der Waals surface area contributed by atoms with Crippen LogP contribution < -0.4 is 11.4 Å². The molecule has 18 heteroatoms. The van der Waals surface area contributed by atoms with Crippen LogP contribution in [0.4, 0.5) is 5.82 Å². The number of nitrogen functional groups attached to an aromatic ring is 1. The molecule has 198 valence electrons. The van der Waals surface area contributed by atoms with E-state index in [0.29, 0.717) is 0 Å². The lowest BCUT2D eigenvalue weighted by molar-refractivity contribution is -0.228. The van der Waals surface area contributed by atoms with Crippen LogP contribution in [0.25, 0.3) is 0 Å². The molecule has 1 unspecified atom stereocenters. The van der Waals surface area contributed by atoms with Crippen LogP contribution in [0.3, 0.4) is 0 Å². The summed E-state index contributed by atoms with van der Waals surface area (Å²) < 4.78 is 29.1. The molecule has 2 aliphatic rings. The normalized spacial score (nSPS) is 38.1. The number of carboxylic acids is 1. The molecule has 3 heterocycles. The molecule has 17 nitrogen and oxygen atoms in total. The Balaban J connectivity index is 1.81. The maximum atomic E-state index is 13.0. The molecule has 2 saturated heterocycles. The minimum Gasteiger partial charge on any atom is -0.479 e. The van der Waals surface area contributed by atoms with Crippen LogP contribution in [0, 0.1) is 0 Å².